The minimum Gasteiger partial charge on any atom is -0.465 e. The van der Waals surface area contributed by atoms with Crippen LogP contribution in [-0.4, -0.2) is 44.0 Å². The summed E-state index contributed by atoms with van der Waals surface area (Å²) in [4.78, 5) is 23.9. The molecule has 1 aromatic carbocycles. The molecule has 0 saturated carbocycles. The van der Waals surface area contributed by atoms with Crippen molar-refractivity contribution in [1.29, 1.82) is 0 Å². The number of sulfonamides is 1. The zero-order valence-corrected chi connectivity index (χ0v) is 16.1. The molecule has 0 unspecified atom stereocenters. The number of benzene rings is 1. The number of nitrogens with zero attached hydrogens (tertiary/aromatic N) is 1. The van der Waals surface area contributed by atoms with Gasteiger partial charge in [-0.15, -0.1) is 6.58 Å². The molecular weight excluding hydrogens is 358 g/mol. The first-order valence-corrected chi connectivity index (χ1v) is 9.13. The molecule has 0 atom stereocenters. The van der Waals surface area contributed by atoms with Crippen LogP contribution in [0.15, 0.2) is 42.3 Å². The van der Waals surface area contributed by atoms with Gasteiger partial charge in [0.1, 0.15) is 5.60 Å². The zero-order chi connectivity index (χ0) is 20.1. The van der Waals surface area contributed by atoms with Crippen LogP contribution in [0.5, 0.6) is 0 Å². The lowest BCUT2D eigenvalue weighted by Crippen LogP contribution is -2.41. The predicted molar refractivity (Wildman–Crippen MR) is 98.2 cm³/mol. The van der Waals surface area contributed by atoms with E-state index in [1.54, 1.807) is 20.8 Å². The van der Waals surface area contributed by atoms with E-state index in [4.69, 9.17) is 4.74 Å². The normalized spacial score (nSPS) is 11.4. The number of ether oxygens (including phenoxy) is 2. The molecule has 0 saturated heterocycles. The first-order chi connectivity index (χ1) is 12.0. The molecule has 0 aliphatic rings. The lowest BCUT2D eigenvalue weighted by molar-refractivity contribution is 0.0404. The molecule has 0 fully saturated rings. The smallest absolute Gasteiger partial charge is 0.424 e. The van der Waals surface area contributed by atoms with E-state index in [1.165, 1.54) is 31.4 Å². The van der Waals surface area contributed by atoms with Crippen LogP contribution in [0.2, 0.25) is 0 Å². The highest BCUT2D eigenvalue weighted by atomic mass is 32.2. The van der Waals surface area contributed by atoms with Crippen molar-refractivity contribution in [2.45, 2.75) is 31.3 Å². The van der Waals surface area contributed by atoms with Crippen LogP contribution in [-0.2, 0) is 19.5 Å². The second kappa shape index (κ2) is 8.18. The molecule has 7 nitrogen and oxygen atoms in total. The average Bonchev–Trinajstić information content (AvgIpc) is 2.56. The number of carbonyl (C=O) groups is 2. The summed E-state index contributed by atoms with van der Waals surface area (Å²) in [7, 11) is -3.15. The summed E-state index contributed by atoms with van der Waals surface area (Å²) < 4.78 is 36.5. The molecule has 0 aromatic heterocycles. The van der Waals surface area contributed by atoms with Gasteiger partial charge in [-0.25, -0.2) is 18.0 Å². The van der Waals surface area contributed by atoms with Gasteiger partial charge in [0.2, 0.25) is 0 Å². The third kappa shape index (κ3) is 4.95. The molecule has 1 aromatic rings. The zero-order valence-electron chi connectivity index (χ0n) is 15.3. The van der Waals surface area contributed by atoms with Gasteiger partial charge in [0.05, 0.1) is 24.1 Å². The van der Waals surface area contributed by atoms with Crippen LogP contribution in [0.1, 0.15) is 36.7 Å². The Balaban J connectivity index is 3.52. The average molecular weight is 381 g/mol. The maximum Gasteiger partial charge on any atom is 0.424 e. The van der Waals surface area contributed by atoms with Crippen LogP contribution < -0.4 is 0 Å². The number of hydrogen-bond acceptors (Lipinski definition) is 6. The van der Waals surface area contributed by atoms with Crippen LogP contribution in [0.25, 0.3) is 6.08 Å². The summed E-state index contributed by atoms with van der Waals surface area (Å²) in [5, 5.41) is 0. The fraction of sp³-hybridized carbons (Fsp3) is 0.333. The van der Waals surface area contributed by atoms with Gasteiger partial charge in [-0.1, -0.05) is 24.8 Å². The number of carbonyl (C=O) groups excluding carboxylic acids is 2. The van der Waals surface area contributed by atoms with Crippen molar-refractivity contribution >= 4 is 28.2 Å². The third-order valence-electron chi connectivity index (χ3n) is 3.11. The van der Waals surface area contributed by atoms with Crippen molar-refractivity contribution in [3.05, 3.63) is 48.6 Å². The quantitative estimate of drug-likeness (QED) is 0.555. The van der Waals surface area contributed by atoms with Gasteiger partial charge < -0.3 is 9.47 Å². The summed E-state index contributed by atoms with van der Waals surface area (Å²) >= 11 is 0. The summed E-state index contributed by atoms with van der Waals surface area (Å²) in [5.41, 5.74) is -0.629. The Morgan fingerprint density at radius 3 is 2.31 bits per heavy atom. The fourth-order valence-corrected chi connectivity index (χ4v) is 3.49. The molecular formula is C18H23NO6S. The van der Waals surface area contributed by atoms with E-state index >= 15 is 0 Å². The Bertz CT molecular complexity index is 821. The van der Waals surface area contributed by atoms with Gasteiger partial charge in [0.15, 0.2) is 0 Å². The van der Waals surface area contributed by atoms with Crippen molar-refractivity contribution in [3.8, 4) is 0 Å². The highest BCUT2D eigenvalue weighted by Gasteiger charge is 2.34. The molecule has 0 bridgehead atoms. The van der Waals surface area contributed by atoms with Crippen molar-refractivity contribution in [3.63, 3.8) is 0 Å². The predicted octanol–water partition coefficient (Wildman–Crippen LogP) is 3.23. The molecule has 0 aliphatic carbocycles. The molecule has 8 heteroatoms. The number of methoxy groups -OCH3 is 1. The minimum atomic E-state index is -4.33. The molecule has 1 rings (SSSR count). The molecule has 0 spiro atoms. The van der Waals surface area contributed by atoms with E-state index in [2.05, 4.69) is 17.9 Å². The summed E-state index contributed by atoms with van der Waals surface area (Å²) in [6.07, 6.45) is 1.53. The lowest BCUT2D eigenvalue weighted by atomic mass is 10.1. The van der Waals surface area contributed by atoms with Crippen molar-refractivity contribution in [2.75, 3.05) is 13.7 Å². The van der Waals surface area contributed by atoms with Crippen LogP contribution in [0.4, 0.5) is 4.79 Å². The third-order valence-corrected chi connectivity index (χ3v) is 4.90. The van der Waals surface area contributed by atoms with Crippen molar-refractivity contribution in [1.82, 2.24) is 4.31 Å². The Morgan fingerprint density at radius 1 is 1.23 bits per heavy atom. The molecule has 0 aliphatic heterocycles. The van der Waals surface area contributed by atoms with Gasteiger partial charge in [0.25, 0.3) is 10.0 Å². The molecule has 0 heterocycles. The maximum atomic E-state index is 13.1. The molecule has 142 valence electrons. The van der Waals surface area contributed by atoms with Crippen LogP contribution >= 0.6 is 0 Å². The largest absolute Gasteiger partial charge is 0.465 e. The van der Waals surface area contributed by atoms with E-state index in [0.29, 0.717) is 4.31 Å². The number of esters is 1. The van der Waals surface area contributed by atoms with Crippen LogP contribution in [0.3, 0.4) is 0 Å². The van der Waals surface area contributed by atoms with Gasteiger partial charge in [0, 0.05) is 0 Å². The fourth-order valence-electron chi connectivity index (χ4n) is 1.99. The molecule has 0 radical (unpaired) electrons. The van der Waals surface area contributed by atoms with E-state index in [0.717, 1.165) is 6.07 Å². The SMILES string of the molecule is C=CCN(C(=O)OC(C)(C)C)S(=O)(=O)c1cc(C(=O)OC)ccc1C=C. The first kappa shape index (κ1) is 21.4. The second-order valence-electron chi connectivity index (χ2n) is 6.25. The Morgan fingerprint density at radius 2 is 1.85 bits per heavy atom. The number of hydrogen-bond donors (Lipinski definition) is 0. The summed E-state index contributed by atoms with van der Waals surface area (Å²) in [6, 6.07) is 3.96. The Kier molecular flexibility index (Phi) is 6.74. The summed E-state index contributed by atoms with van der Waals surface area (Å²) in [6.45, 7) is 11.6. The van der Waals surface area contributed by atoms with E-state index in [1.807, 2.05) is 0 Å². The number of rotatable bonds is 6. The van der Waals surface area contributed by atoms with Gasteiger partial charge in [-0.3, -0.25) is 0 Å². The summed E-state index contributed by atoms with van der Waals surface area (Å²) in [5.74, 6) is -0.704. The highest BCUT2D eigenvalue weighted by molar-refractivity contribution is 7.89. The number of amides is 1. The first-order valence-electron chi connectivity index (χ1n) is 7.69. The molecule has 1 amide bonds. The van der Waals surface area contributed by atoms with Crippen molar-refractivity contribution in [2.24, 2.45) is 0 Å². The molecule has 26 heavy (non-hydrogen) atoms. The molecule has 0 N–H and O–H groups in total. The second-order valence-corrected chi connectivity index (χ2v) is 8.08. The highest BCUT2D eigenvalue weighted by Crippen LogP contribution is 2.25. The Labute approximate surface area is 154 Å². The lowest BCUT2D eigenvalue weighted by Gasteiger charge is -2.26. The van der Waals surface area contributed by atoms with Gasteiger partial charge in [-0.05, 0) is 38.5 Å². The van der Waals surface area contributed by atoms with E-state index in [9.17, 15) is 18.0 Å². The van der Waals surface area contributed by atoms with E-state index in [-0.39, 0.29) is 22.6 Å². The standard InChI is InChI=1S/C18H23NO6S/c1-7-11-19(17(21)25-18(3,4)5)26(22,23)15-12-14(16(20)24-6)10-9-13(15)8-2/h7-10,12H,1-2,11H2,3-6H3. The monoisotopic (exact) mass is 381 g/mol. The van der Waals surface area contributed by atoms with Crippen molar-refractivity contribution < 1.29 is 27.5 Å². The Hall–Kier alpha value is -2.61. The topological polar surface area (TPSA) is 90.0 Å². The minimum absolute atomic E-state index is 0.0272. The van der Waals surface area contributed by atoms with Gasteiger partial charge >= 0.3 is 12.1 Å². The van der Waals surface area contributed by atoms with E-state index < -0.39 is 27.7 Å². The van der Waals surface area contributed by atoms with Gasteiger partial charge in [-0.2, -0.15) is 4.31 Å². The van der Waals surface area contributed by atoms with Crippen LogP contribution in [0, 0.1) is 0 Å². The maximum absolute atomic E-state index is 13.1.